The SMILES string of the molecule is CC(C)(N)Cc1ccc(C(C)(C)F)cc1. The van der Waals surface area contributed by atoms with Crippen LogP contribution in [0.25, 0.3) is 0 Å². The number of rotatable bonds is 3. The second-order valence-corrected chi connectivity index (χ2v) is 5.33. The summed E-state index contributed by atoms with van der Waals surface area (Å²) in [6.45, 7) is 7.10. The Morgan fingerprint density at radius 3 is 1.87 bits per heavy atom. The summed E-state index contributed by atoms with van der Waals surface area (Å²) < 4.78 is 13.6. The van der Waals surface area contributed by atoms with Crippen LogP contribution in [-0.2, 0) is 12.1 Å². The molecule has 0 heterocycles. The average molecular weight is 209 g/mol. The van der Waals surface area contributed by atoms with Gasteiger partial charge < -0.3 is 5.73 Å². The lowest BCUT2D eigenvalue weighted by atomic mass is 9.93. The van der Waals surface area contributed by atoms with Crippen LogP contribution >= 0.6 is 0 Å². The van der Waals surface area contributed by atoms with Crippen molar-refractivity contribution in [3.05, 3.63) is 35.4 Å². The van der Waals surface area contributed by atoms with E-state index in [-0.39, 0.29) is 5.54 Å². The highest BCUT2D eigenvalue weighted by Crippen LogP contribution is 2.25. The van der Waals surface area contributed by atoms with Crippen LogP contribution < -0.4 is 5.73 Å². The van der Waals surface area contributed by atoms with E-state index in [1.807, 2.05) is 38.1 Å². The summed E-state index contributed by atoms with van der Waals surface area (Å²) in [5, 5.41) is 0. The minimum absolute atomic E-state index is 0.216. The number of hydrogen-bond donors (Lipinski definition) is 1. The lowest BCUT2D eigenvalue weighted by Gasteiger charge is -2.19. The summed E-state index contributed by atoms with van der Waals surface area (Å²) in [5.74, 6) is 0. The molecule has 1 rings (SSSR count). The molecule has 2 N–H and O–H groups in total. The number of alkyl halides is 1. The molecule has 0 amide bonds. The Labute approximate surface area is 91.5 Å². The minimum Gasteiger partial charge on any atom is -0.325 e. The molecule has 0 aliphatic rings. The largest absolute Gasteiger partial charge is 0.325 e. The molecular formula is C13H20FN. The molecule has 0 saturated carbocycles. The molecule has 0 spiro atoms. The Kier molecular flexibility index (Phi) is 3.19. The molecule has 0 aliphatic carbocycles. The van der Waals surface area contributed by atoms with Crippen molar-refractivity contribution in [2.75, 3.05) is 0 Å². The van der Waals surface area contributed by atoms with Gasteiger partial charge >= 0.3 is 0 Å². The molecule has 1 aromatic carbocycles. The highest BCUT2D eigenvalue weighted by Gasteiger charge is 2.18. The van der Waals surface area contributed by atoms with Gasteiger partial charge in [-0.25, -0.2) is 4.39 Å². The van der Waals surface area contributed by atoms with E-state index in [1.54, 1.807) is 13.8 Å². The number of nitrogens with two attached hydrogens (primary N) is 1. The predicted molar refractivity (Wildman–Crippen MR) is 62.5 cm³/mol. The molecule has 0 saturated heterocycles. The average Bonchev–Trinajstić information content (AvgIpc) is 2.00. The molecule has 0 fully saturated rings. The van der Waals surface area contributed by atoms with Gasteiger partial charge in [0.25, 0.3) is 0 Å². The predicted octanol–water partition coefficient (Wildman–Crippen LogP) is 3.17. The first-order valence-electron chi connectivity index (χ1n) is 5.26. The molecule has 0 bridgehead atoms. The topological polar surface area (TPSA) is 26.0 Å². The van der Waals surface area contributed by atoms with E-state index in [4.69, 9.17) is 5.73 Å². The van der Waals surface area contributed by atoms with Gasteiger partial charge in [-0.05, 0) is 45.2 Å². The Balaban J connectivity index is 2.82. The zero-order valence-corrected chi connectivity index (χ0v) is 9.97. The molecule has 0 aliphatic heterocycles. The van der Waals surface area contributed by atoms with E-state index >= 15 is 0 Å². The van der Waals surface area contributed by atoms with Gasteiger partial charge in [0.05, 0.1) is 0 Å². The van der Waals surface area contributed by atoms with Crippen LogP contribution in [0.2, 0.25) is 0 Å². The van der Waals surface area contributed by atoms with E-state index < -0.39 is 5.67 Å². The first kappa shape index (κ1) is 12.2. The maximum Gasteiger partial charge on any atom is 0.130 e. The number of hydrogen-bond acceptors (Lipinski definition) is 1. The molecule has 84 valence electrons. The fourth-order valence-corrected chi connectivity index (χ4v) is 1.55. The smallest absolute Gasteiger partial charge is 0.130 e. The van der Waals surface area contributed by atoms with E-state index in [2.05, 4.69) is 0 Å². The van der Waals surface area contributed by atoms with Crippen molar-refractivity contribution in [3.8, 4) is 0 Å². The van der Waals surface area contributed by atoms with Gasteiger partial charge in [0.15, 0.2) is 0 Å². The quantitative estimate of drug-likeness (QED) is 0.813. The first-order valence-corrected chi connectivity index (χ1v) is 5.26. The third-order valence-electron chi connectivity index (χ3n) is 2.30. The van der Waals surface area contributed by atoms with Crippen LogP contribution in [0.5, 0.6) is 0 Å². The van der Waals surface area contributed by atoms with E-state index in [1.165, 1.54) is 0 Å². The summed E-state index contributed by atoms with van der Waals surface area (Å²) >= 11 is 0. The van der Waals surface area contributed by atoms with Crippen LogP contribution in [0.4, 0.5) is 4.39 Å². The Bertz CT molecular complexity index is 314. The Hall–Kier alpha value is -0.890. The molecule has 1 aromatic rings. The summed E-state index contributed by atoms with van der Waals surface area (Å²) in [6.07, 6.45) is 0.806. The third-order valence-corrected chi connectivity index (χ3v) is 2.30. The van der Waals surface area contributed by atoms with Gasteiger partial charge in [-0.1, -0.05) is 24.3 Å². The van der Waals surface area contributed by atoms with Crippen molar-refractivity contribution in [1.29, 1.82) is 0 Å². The van der Waals surface area contributed by atoms with Gasteiger partial charge in [0.2, 0.25) is 0 Å². The lowest BCUT2D eigenvalue weighted by molar-refractivity contribution is 0.221. The summed E-state index contributed by atoms with van der Waals surface area (Å²) in [7, 11) is 0. The summed E-state index contributed by atoms with van der Waals surface area (Å²) in [5.41, 5.74) is 6.29. The van der Waals surface area contributed by atoms with Crippen molar-refractivity contribution >= 4 is 0 Å². The highest BCUT2D eigenvalue weighted by atomic mass is 19.1. The molecule has 1 nitrogen and oxygen atoms in total. The monoisotopic (exact) mass is 209 g/mol. The van der Waals surface area contributed by atoms with E-state index in [0.29, 0.717) is 5.56 Å². The molecule has 0 unspecified atom stereocenters. The maximum absolute atomic E-state index is 13.6. The summed E-state index contributed by atoms with van der Waals surface area (Å²) in [6, 6.07) is 7.57. The van der Waals surface area contributed by atoms with Gasteiger partial charge in [0, 0.05) is 5.54 Å². The minimum atomic E-state index is -1.27. The van der Waals surface area contributed by atoms with Crippen LogP contribution in [0.3, 0.4) is 0 Å². The van der Waals surface area contributed by atoms with Gasteiger partial charge in [-0.15, -0.1) is 0 Å². The molecular weight excluding hydrogens is 189 g/mol. The normalized spacial score (nSPS) is 12.9. The number of benzene rings is 1. The van der Waals surface area contributed by atoms with Gasteiger partial charge in [-0.2, -0.15) is 0 Å². The number of halogens is 1. The second-order valence-electron chi connectivity index (χ2n) is 5.33. The van der Waals surface area contributed by atoms with Crippen LogP contribution in [0, 0.1) is 0 Å². The fourth-order valence-electron chi connectivity index (χ4n) is 1.55. The standard InChI is InChI=1S/C13H20FN/c1-12(2,15)9-10-5-7-11(8-6-10)13(3,4)14/h5-8H,9,15H2,1-4H3. The Morgan fingerprint density at radius 1 is 1.07 bits per heavy atom. The van der Waals surface area contributed by atoms with Gasteiger partial charge in [0.1, 0.15) is 5.67 Å². The zero-order valence-electron chi connectivity index (χ0n) is 9.97. The van der Waals surface area contributed by atoms with Crippen LogP contribution in [-0.4, -0.2) is 5.54 Å². The van der Waals surface area contributed by atoms with Crippen molar-refractivity contribution in [2.45, 2.75) is 45.3 Å². The third kappa shape index (κ3) is 4.00. The van der Waals surface area contributed by atoms with Crippen molar-refractivity contribution in [3.63, 3.8) is 0 Å². The fraction of sp³-hybridized carbons (Fsp3) is 0.538. The van der Waals surface area contributed by atoms with E-state index in [0.717, 1.165) is 12.0 Å². The van der Waals surface area contributed by atoms with Crippen LogP contribution in [0.15, 0.2) is 24.3 Å². The van der Waals surface area contributed by atoms with Crippen molar-refractivity contribution in [2.24, 2.45) is 5.73 Å². The van der Waals surface area contributed by atoms with Crippen molar-refractivity contribution < 1.29 is 4.39 Å². The molecule has 0 atom stereocenters. The molecule has 2 heteroatoms. The van der Waals surface area contributed by atoms with Crippen LogP contribution in [0.1, 0.15) is 38.8 Å². The highest BCUT2D eigenvalue weighted by molar-refractivity contribution is 5.27. The summed E-state index contributed by atoms with van der Waals surface area (Å²) in [4.78, 5) is 0. The van der Waals surface area contributed by atoms with E-state index in [9.17, 15) is 4.39 Å². The molecule has 0 radical (unpaired) electrons. The molecule has 15 heavy (non-hydrogen) atoms. The first-order chi connectivity index (χ1) is 6.68. The Morgan fingerprint density at radius 2 is 1.53 bits per heavy atom. The lowest BCUT2D eigenvalue weighted by Crippen LogP contribution is -2.34. The molecule has 0 aromatic heterocycles. The zero-order chi connectivity index (χ0) is 11.7. The maximum atomic E-state index is 13.6. The van der Waals surface area contributed by atoms with Crippen molar-refractivity contribution in [1.82, 2.24) is 0 Å². The van der Waals surface area contributed by atoms with Gasteiger partial charge in [-0.3, -0.25) is 0 Å². The second kappa shape index (κ2) is 3.93.